The average molecular weight is 344 g/mol. The quantitative estimate of drug-likeness (QED) is 0.724. The van der Waals surface area contributed by atoms with E-state index >= 15 is 0 Å². The highest BCUT2D eigenvalue weighted by Crippen LogP contribution is 2.12. The molecule has 0 aromatic heterocycles. The average Bonchev–Trinajstić information content (AvgIpc) is 2.35. The van der Waals surface area contributed by atoms with Crippen LogP contribution in [0.1, 0.15) is 26.3 Å². The van der Waals surface area contributed by atoms with E-state index in [4.69, 9.17) is 9.88 Å². The van der Waals surface area contributed by atoms with Gasteiger partial charge in [0.1, 0.15) is 11.6 Å². The van der Waals surface area contributed by atoms with Gasteiger partial charge in [0.2, 0.25) is 10.0 Å². The van der Waals surface area contributed by atoms with Crippen molar-refractivity contribution in [1.29, 1.82) is 0 Å². The van der Waals surface area contributed by atoms with E-state index in [1.165, 1.54) is 18.2 Å². The Hall–Kier alpha value is -2.13. The molecule has 1 aromatic rings. The Kier molecular flexibility index (Phi) is 5.73. The Balaban J connectivity index is 2.89. The molecule has 0 saturated heterocycles. The van der Waals surface area contributed by atoms with Crippen molar-refractivity contribution in [2.45, 2.75) is 43.7 Å². The van der Waals surface area contributed by atoms with Crippen molar-refractivity contribution in [3.63, 3.8) is 0 Å². The molecule has 128 valence electrons. The van der Waals surface area contributed by atoms with Gasteiger partial charge >= 0.3 is 12.1 Å². The summed E-state index contributed by atoms with van der Waals surface area (Å²) in [5, 5.41) is 16.5. The summed E-state index contributed by atoms with van der Waals surface area (Å²) in [6.07, 6.45) is -0.981. The fourth-order valence-electron chi connectivity index (χ4n) is 1.74. The fourth-order valence-corrected chi connectivity index (χ4v) is 2.32. The number of nitrogens with two attached hydrogens (primary N) is 1. The van der Waals surface area contributed by atoms with Crippen molar-refractivity contribution in [2.24, 2.45) is 5.14 Å². The van der Waals surface area contributed by atoms with E-state index < -0.39 is 33.7 Å². The summed E-state index contributed by atoms with van der Waals surface area (Å²) in [6, 6.07) is 4.29. The van der Waals surface area contributed by atoms with Gasteiger partial charge < -0.3 is 15.2 Å². The minimum atomic E-state index is -3.89. The molecule has 0 saturated carbocycles. The van der Waals surface area contributed by atoms with Crippen LogP contribution in [0.25, 0.3) is 0 Å². The Morgan fingerprint density at radius 1 is 1.35 bits per heavy atom. The number of hydrogen-bond acceptors (Lipinski definition) is 5. The number of rotatable bonds is 5. The number of ether oxygens (including phenoxy) is 1. The zero-order valence-electron chi connectivity index (χ0n) is 13.1. The summed E-state index contributed by atoms with van der Waals surface area (Å²) >= 11 is 0. The molecule has 1 rings (SSSR count). The Bertz CT molecular complexity index is 693. The summed E-state index contributed by atoms with van der Waals surface area (Å²) in [5.74, 6) is -1.27. The molecule has 1 amide bonds. The molecule has 0 aliphatic carbocycles. The molecule has 0 aliphatic heterocycles. The highest BCUT2D eigenvalue weighted by molar-refractivity contribution is 7.89. The number of carbonyl (C=O) groups excluding carboxylic acids is 1. The number of sulfonamides is 1. The lowest BCUT2D eigenvalue weighted by Gasteiger charge is -2.22. The lowest BCUT2D eigenvalue weighted by Crippen LogP contribution is -2.44. The van der Waals surface area contributed by atoms with E-state index in [2.05, 4.69) is 5.32 Å². The predicted octanol–water partition coefficient (Wildman–Crippen LogP) is 0.854. The van der Waals surface area contributed by atoms with E-state index in [1.807, 2.05) is 0 Å². The number of primary sulfonamides is 1. The minimum absolute atomic E-state index is 0.113. The largest absolute Gasteiger partial charge is 0.480 e. The zero-order valence-corrected chi connectivity index (χ0v) is 13.9. The number of carboxylic acids is 1. The third-order valence-corrected chi connectivity index (χ3v) is 3.57. The van der Waals surface area contributed by atoms with Crippen LogP contribution in [0.3, 0.4) is 0 Å². The summed E-state index contributed by atoms with van der Waals surface area (Å²) in [4.78, 5) is 22.8. The van der Waals surface area contributed by atoms with Crippen LogP contribution < -0.4 is 10.5 Å². The molecule has 0 radical (unpaired) electrons. The maximum atomic E-state index is 11.7. The standard InChI is InChI=1S/C14H20N2O6S/c1-14(2,3)22-13(19)16-11(12(17)18)8-9-5-4-6-10(7-9)23(15,20)21/h4-7,11H,8H2,1-3H3,(H,16,19)(H,17,18)(H2,15,20,21)/t11-/m1/s1. The molecule has 9 heteroatoms. The molecule has 23 heavy (non-hydrogen) atoms. The van der Waals surface area contributed by atoms with E-state index in [-0.39, 0.29) is 11.3 Å². The molecule has 1 aromatic carbocycles. The van der Waals surface area contributed by atoms with Crippen LogP contribution in [0.5, 0.6) is 0 Å². The number of aliphatic carboxylic acids is 1. The molecule has 0 heterocycles. The van der Waals surface area contributed by atoms with Gasteiger partial charge in [-0.05, 0) is 38.5 Å². The van der Waals surface area contributed by atoms with Crippen LogP contribution in [-0.4, -0.2) is 37.2 Å². The monoisotopic (exact) mass is 344 g/mol. The molecule has 1 atom stereocenters. The topological polar surface area (TPSA) is 136 Å². The molecule has 0 unspecified atom stereocenters. The Morgan fingerprint density at radius 3 is 2.43 bits per heavy atom. The third kappa shape index (κ3) is 6.66. The first-order valence-electron chi connectivity index (χ1n) is 6.72. The number of carbonyl (C=O) groups is 2. The molecule has 0 fully saturated rings. The molecule has 0 bridgehead atoms. The molecule has 0 spiro atoms. The van der Waals surface area contributed by atoms with Crippen LogP contribution in [0, 0.1) is 0 Å². The highest BCUT2D eigenvalue weighted by Gasteiger charge is 2.24. The number of carboxylic acid groups (broad SMARTS) is 1. The van der Waals surface area contributed by atoms with Crippen molar-refractivity contribution >= 4 is 22.1 Å². The Morgan fingerprint density at radius 2 is 1.96 bits per heavy atom. The lowest BCUT2D eigenvalue weighted by molar-refractivity contribution is -0.139. The number of hydrogen-bond donors (Lipinski definition) is 3. The fraction of sp³-hybridized carbons (Fsp3) is 0.429. The smallest absolute Gasteiger partial charge is 0.408 e. The van der Waals surface area contributed by atoms with Crippen LogP contribution in [0.4, 0.5) is 4.79 Å². The van der Waals surface area contributed by atoms with E-state index in [0.29, 0.717) is 5.56 Å². The summed E-state index contributed by atoms with van der Waals surface area (Å²) in [6.45, 7) is 4.95. The molecule has 0 aliphatic rings. The van der Waals surface area contributed by atoms with Crippen LogP contribution in [0.15, 0.2) is 29.2 Å². The second-order valence-corrected chi connectivity index (χ2v) is 7.50. The van der Waals surface area contributed by atoms with Gasteiger partial charge in [-0.15, -0.1) is 0 Å². The van der Waals surface area contributed by atoms with Gasteiger partial charge in [0.05, 0.1) is 4.90 Å². The molecular weight excluding hydrogens is 324 g/mol. The minimum Gasteiger partial charge on any atom is -0.480 e. The van der Waals surface area contributed by atoms with Gasteiger partial charge in [-0.3, -0.25) is 0 Å². The van der Waals surface area contributed by atoms with Crippen molar-refractivity contribution in [3.8, 4) is 0 Å². The van der Waals surface area contributed by atoms with Gasteiger partial charge in [0, 0.05) is 6.42 Å². The molecule has 8 nitrogen and oxygen atoms in total. The number of alkyl carbamates (subject to hydrolysis) is 1. The predicted molar refractivity (Wildman–Crippen MR) is 82.3 cm³/mol. The van der Waals surface area contributed by atoms with Crippen molar-refractivity contribution in [2.75, 3.05) is 0 Å². The van der Waals surface area contributed by atoms with Crippen molar-refractivity contribution < 1.29 is 27.9 Å². The van der Waals surface area contributed by atoms with Crippen molar-refractivity contribution in [1.82, 2.24) is 5.32 Å². The van der Waals surface area contributed by atoms with Gasteiger partial charge in [-0.2, -0.15) is 0 Å². The van der Waals surface area contributed by atoms with Gasteiger partial charge in [-0.1, -0.05) is 12.1 Å². The second-order valence-electron chi connectivity index (χ2n) is 5.93. The SMILES string of the molecule is CC(C)(C)OC(=O)N[C@H](Cc1cccc(S(N)(=O)=O)c1)C(=O)O. The summed E-state index contributed by atoms with van der Waals surface area (Å²) in [5.41, 5.74) is -0.360. The van der Waals surface area contributed by atoms with Gasteiger partial charge in [0.15, 0.2) is 0 Å². The normalized spacial score (nSPS) is 13.2. The molecular formula is C14H20N2O6S. The lowest BCUT2D eigenvalue weighted by atomic mass is 10.1. The summed E-state index contributed by atoms with van der Waals surface area (Å²) in [7, 11) is -3.89. The van der Waals surface area contributed by atoms with E-state index in [0.717, 1.165) is 0 Å². The van der Waals surface area contributed by atoms with Crippen LogP contribution in [-0.2, 0) is 26.0 Å². The van der Waals surface area contributed by atoms with Crippen molar-refractivity contribution in [3.05, 3.63) is 29.8 Å². The Labute approximate surface area is 134 Å². The van der Waals surface area contributed by atoms with Gasteiger partial charge in [0.25, 0.3) is 0 Å². The number of amides is 1. The van der Waals surface area contributed by atoms with E-state index in [1.54, 1.807) is 26.8 Å². The maximum Gasteiger partial charge on any atom is 0.408 e. The zero-order chi connectivity index (χ0) is 17.8. The highest BCUT2D eigenvalue weighted by atomic mass is 32.2. The van der Waals surface area contributed by atoms with E-state index in [9.17, 15) is 23.1 Å². The number of nitrogens with one attached hydrogen (secondary N) is 1. The van der Waals surface area contributed by atoms with Crippen LogP contribution >= 0.6 is 0 Å². The first kappa shape index (κ1) is 18.9. The first-order valence-corrected chi connectivity index (χ1v) is 8.27. The van der Waals surface area contributed by atoms with Gasteiger partial charge in [-0.25, -0.2) is 23.1 Å². The third-order valence-electron chi connectivity index (χ3n) is 2.66. The maximum absolute atomic E-state index is 11.7. The van der Waals surface area contributed by atoms with Crippen LogP contribution in [0.2, 0.25) is 0 Å². The second kappa shape index (κ2) is 6.97. The summed E-state index contributed by atoms with van der Waals surface area (Å²) < 4.78 is 27.6. The molecule has 4 N–H and O–H groups in total. The first-order chi connectivity index (χ1) is 10.4. The number of benzene rings is 1.